The Morgan fingerprint density at radius 3 is 2.67 bits per heavy atom. The van der Waals surface area contributed by atoms with E-state index in [2.05, 4.69) is 16.2 Å². The van der Waals surface area contributed by atoms with Gasteiger partial charge in [-0.15, -0.1) is 0 Å². The van der Waals surface area contributed by atoms with Crippen LogP contribution in [0.15, 0.2) is 18.6 Å². The van der Waals surface area contributed by atoms with Crippen LogP contribution in [0.25, 0.3) is 0 Å². The molecule has 0 bridgehead atoms. The fraction of sp³-hybridized carbons (Fsp3) is 0. The SMILES string of the molecule is [c]1ccncn1. The maximum Gasteiger partial charge on any atom is 0.116 e. The first-order valence-corrected chi connectivity index (χ1v) is 1.62. The molecule has 2 nitrogen and oxygen atoms in total. The zero-order valence-electron chi connectivity index (χ0n) is 3.13. The van der Waals surface area contributed by atoms with Crippen LogP contribution >= 0.6 is 0 Å². The maximum absolute atomic E-state index is 3.64. The Bertz CT molecular complexity index is 77.5. The van der Waals surface area contributed by atoms with Crippen LogP contribution in [-0.4, -0.2) is 9.97 Å². The Hall–Kier alpha value is -0.920. The number of rotatable bonds is 0. The van der Waals surface area contributed by atoms with Gasteiger partial charge in [0, 0.05) is 6.20 Å². The van der Waals surface area contributed by atoms with E-state index in [0.717, 1.165) is 0 Å². The fourth-order valence-corrected chi connectivity index (χ4v) is 0.225. The molecule has 6 heavy (non-hydrogen) atoms. The predicted octanol–water partition coefficient (Wildman–Crippen LogP) is 0.277. The topological polar surface area (TPSA) is 25.8 Å². The van der Waals surface area contributed by atoms with Crippen molar-refractivity contribution in [2.45, 2.75) is 0 Å². The monoisotopic (exact) mass is 79.0 g/mol. The fourth-order valence-electron chi connectivity index (χ4n) is 0.225. The van der Waals surface area contributed by atoms with Gasteiger partial charge in [0.05, 0.1) is 6.20 Å². The van der Waals surface area contributed by atoms with Crippen LogP contribution in [-0.2, 0) is 0 Å². The van der Waals surface area contributed by atoms with Crippen molar-refractivity contribution in [3.8, 4) is 0 Å². The molecule has 0 saturated carbocycles. The highest BCUT2D eigenvalue weighted by atomic mass is 14.8. The summed E-state index contributed by atoms with van der Waals surface area (Å²) >= 11 is 0. The van der Waals surface area contributed by atoms with E-state index in [0.29, 0.717) is 0 Å². The molecule has 0 amide bonds. The van der Waals surface area contributed by atoms with E-state index in [1.165, 1.54) is 6.33 Å². The highest BCUT2D eigenvalue weighted by Crippen LogP contribution is 1.65. The van der Waals surface area contributed by atoms with Crippen molar-refractivity contribution in [2.24, 2.45) is 0 Å². The van der Waals surface area contributed by atoms with Crippen molar-refractivity contribution >= 4 is 0 Å². The smallest absolute Gasteiger partial charge is 0.116 e. The lowest BCUT2D eigenvalue weighted by atomic mass is 10.7. The first kappa shape index (κ1) is 3.28. The van der Waals surface area contributed by atoms with E-state index >= 15 is 0 Å². The molecule has 1 heterocycles. The molecule has 29 valence electrons. The third-order valence-electron chi connectivity index (χ3n) is 0.434. The molecule has 0 aliphatic rings. The van der Waals surface area contributed by atoms with E-state index < -0.39 is 0 Å². The average molecular weight is 79.1 g/mol. The summed E-state index contributed by atoms with van der Waals surface area (Å²) in [4.78, 5) is 7.19. The summed E-state index contributed by atoms with van der Waals surface area (Å²) in [6, 6.07) is 1.65. The van der Waals surface area contributed by atoms with E-state index in [4.69, 9.17) is 0 Å². The lowest BCUT2D eigenvalue weighted by Crippen LogP contribution is -1.67. The van der Waals surface area contributed by atoms with E-state index in [-0.39, 0.29) is 0 Å². The second-order valence-corrected chi connectivity index (χ2v) is 0.838. The standard InChI is InChI=1S/C4H3N2/c1-2-5-4-6-3-1/h1-2,4H. The Labute approximate surface area is 35.9 Å². The van der Waals surface area contributed by atoms with Crippen LogP contribution in [0.1, 0.15) is 0 Å². The van der Waals surface area contributed by atoms with E-state index in [1.54, 1.807) is 12.3 Å². The van der Waals surface area contributed by atoms with Gasteiger partial charge in [0.2, 0.25) is 0 Å². The first-order chi connectivity index (χ1) is 3.00. The number of nitrogens with zero attached hydrogens (tertiary/aromatic N) is 2. The predicted molar refractivity (Wildman–Crippen MR) is 20.9 cm³/mol. The summed E-state index contributed by atoms with van der Waals surface area (Å²) in [6.07, 6.45) is 5.66. The molecular formula is C4H3N2. The second kappa shape index (κ2) is 1.50. The highest BCUT2D eigenvalue weighted by molar-refractivity contribution is 4.72. The molecule has 0 aromatic carbocycles. The summed E-state index contributed by atoms with van der Waals surface area (Å²) in [5.74, 6) is 0. The highest BCUT2D eigenvalue weighted by Gasteiger charge is 1.60. The van der Waals surface area contributed by atoms with Gasteiger partial charge in [-0.3, -0.25) is 0 Å². The zero-order valence-corrected chi connectivity index (χ0v) is 3.13. The molecule has 0 atom stereocenters. The molecule has 0 aliphatic heterocycles. The van der Waals surface area contributed by atoms with Gasteiger partial charge in [-0.2, -0.15) is 0 Å². The van der Waals surface area contributed by atoms with Crippen molar-refractivity contribution in [1.82, 2.24) is 9.97 Å². The molecule has 0 N–H and O–H groups in total. The normalized spacial score (nSPS) is 8.00. The molecule has 1 rings (SSSR count). The minimum atomic E-state index is 1.44. The average Bonchev–Trinajstić information content (AvgIpc) is 1.72. The maximum atomic E-state index is 3.64. The Balaban J connectivity index is 3.00. The van der Waals surface area contributed by atoms with Crippen LogP contribution in [0.5, 0.6) is 0 Å². The van der Waals surface area contributed by atoms with Gasteiger partial charge in [0.25, 0.3) is 0 Å². The number of aromatic nitrogens is 2. The first-order valence-electron chi connectivity index (χ1n) is 1.62. The zero-order chi connectivity index (χ0) is 4.24. The molecule has 1 radical (unpaired) electrons. The van der Waals surface area contributed by atoms with Gasteiger partial charge >= 0.3 is 0 Å². The van der Waals surface area contributed by atoms with Gasteiger partial charge in [-0.1, -0.05) is 0 Å². The van der Waals surface area contributed by atoms with E-state index in [9.17, 15) is 0 Å². The van der Waals surface area contributed by atoms with Gasteiger partial charge in [-0.25, -0.2) is 9.97 Å². The van der Waals surface area contributed by atoms with Crippen LogP contribution in [0.3, 0.4) is 0 Å². The number of hydrogen-bond donors (Lipinski definition) is 0. The summed E-state index contributed by atoms with van der Waals surface area (Å²) in [6.45, 7) is 0. The lowest BCUT2D eigenvalue weighted by Gasteiger charge is -1.68. The molecule has 1 aromatic rings. The van der Waals surface area contributed by atoms with Gasteiger partial charge in [0.1, 0.15) is 6.33 Å². The van der Waals surface area contributed by atoms with Crippen LogP contribution < -0.4 is 0 Å². The molecule has 0 unspecified atom stereocenters. The van der Waals surface area contributed by atoms with Crippen molar-refractivity contribution < 1.29 is 0 Å². The molecule has 2 heteroatoms. The third-order valence-corrected chi connectivity index (χ3v) is 0.434. The quantitative estimate of drug-likeness (QED) is 0.446. The second-order valence-electron chi connectivity index (χ2n) is 0.838. The summed E-state index contributed by atoms with van der Waals surface area (Å²) in [5, 5.41) is 0. The Morgan fingerprint density at radius 2 is 2.50 bits per heavy atom. The van der Waals surface area contributed by atoms with Gasteiger partial charge in [-0.05, 0) is 6.07 Å². The van der Waals surface area contributed by atoms with Crippen molar-refractivity contribution in [2.75, 3.05) is 0 Å². The minimum Gasteiger partial charge on any atom is -0.245 e. The molecule has 0 saturated heterocycles. The Morgan fingerprint density at radius 1 is 1.50 bits per heavy atom. The van der Waals surface area contributed by atoms with E-state index in [1.807, 2.05) is 0 Å². The van der Waals surface area contributed by atoms with Crippen LogP contribution in [0.2, 0.25) is 0 Å². The van der Waals surface area contributed by atoms with Crippen molar-refractivity contribution in [3.63, 3.8) is 0 Å². The molecule has 0 aliphatic carbocycles. The summed E-state index contributed by atoms with van der Waals surface area (Å²) in [5.41, 5.74) is 0. The molecule has 0 fully saturated rings. The van der Waals surface area contributed by atoms with Gasteiger partial charge in [0.15, 0.2) is 0 Å². The van der Waals surface area contributed by atoms with Crippen LogP contribution in [0.4, 0.5) is 0 Å². The summed E-state index contributed by atoms with van der Waals surface area (Å²) in [7, 11) is 0. The van der Waals surface area contributed by atoms with Crippen molar-refractivity contribution in [1.29, 1.82) is 0 Å². The minimum absolute atomic E-state index is 1.44. The summed E-state index contributed by atoms with van der Waals surface area (Å²) < 4.78 is 0. The van der Waals surface area contributed by atoms with Crippen molar-refractivity contribution in [3.05, 3.63) is 24.8 Å². The molecular weight excluding hydrogens is 76.1 g/mol. The molecule has 1 aromatic heterocycles. The lowest BCUT2D eigenvalue weighted by molar-refractivity contribution is 1.16. The molecule has 0 spiro atoms. The number of hydrogen-bond acceptors (Lipinski definition) is 2. The largest absolute Gasteiger partial charge is 0.245 e. The Kier molecular flexibility index (Phi) is 0.819. The van der Waals surface area contributed by atoms with Crippen LogP contribution in [0, 0.1) is 6.20 Å². The third kappa shape index (κ3) is 0.516. The van der Waals surface area contributed by atoms with Gasteiger partial charge < -0.3 is 0 Å².